The first kappa shape index (κ1) is 11.0. The summed E-state index contributed by atoms with van der Waals surface area (Å²) in [5.74, 6) is -0.212. The molecule has 2 aromatic carbocycles. The number of rotatable bonds is 1. The molecule has 82 valence electrons. The first-order chi connectivity index (χ1) is 7.59. The van der Waals surface area contributed by atoms with Gasteiger partial charge in [-0.05, 0) is 41.8 Å². The molecule has 1 N–H and O–H groups in total. The minimum Gasteiger partial charge on any atom is -0.508 e. The summed E-state index contributed by atoms with van der Waals surface area (Å²) >= 11 is 5.84. The third-order valence-electron chi connectivity index (χ3n) is 2.52. The molecule has 16 heavy (non-hydrogen) atoms. The molecular formula is C13H10ClFO. The van der Waals surface area contributed by atoms with Crippen LogP contribution in [-0.2, 0) is 0 Å². The Morgan fingerprint density at radius 3 is 2.31 bits per heavy atom. The highest BCUT2D eigenvalue weighted by Crippen LogP contribution is 2.30. The van der Waals surface area contributed by atoms with Gasteiger partial charge in [0.1, 0.15) is 11.6 Å². The zero-order valence-corrected chi connectivity index (χ0v) is 9.42. The Hall–Kier alpha value is -1.54. The van der Waals surface area contributed by atoms with Crippen molar-refractivity contribution in [2.45, 2.75) is 6.92 Å². The highest BCUT2D eigenvalue weighted by Gasteiger charge is 2.09. The Morgan fingerprint density at radius 1 is 1.06 bits per heavy atom. The van der Waals surface area contributed by atoms with Crippen LogP contribution >= 0.6 is 11.6 Å². The lowest BCUT2D eigenvalue weighted by molar-refractivity contribution is 0.475. The lowest BCUT2D eigenvalue weighted by atomic mass is 10.0. The number of halogens is 2. The lowest BCUT2D eigenvalue weighted by Crippen LogP contribution is -1.87. The summed E-state index contributed by atoms with van der Waals surface area (Å²) in [6.45, 7) is 1.77. The van der Waals surface area contributed by atoms with Crippen LogP contribution in [0.4, 0.5) is 4.39 Å². The van der Waals surface area contributed by atoms with E-state index in [1.807, 2.05) is 0 Å². The van der Waals surface area contributed by atoms with Crippen LogP contribution in [0.5, 0.6) is 5.75 Å². The maximum atomic E-state index is 13.2. The van der Waals surface area contributed by atoms with Crippen molar-refractivity contribution >= 4 is 11.6 Å². The van der Waals surface area contributed by atoms with Gasteiger partial charge in [0.05, 0.1) is 5.02 Å². The van der Waals surface area contributed by atoms with Crippen LogP contribution < -0.4 is 0 Å². The van der Waals surface area contributed by atoms with Crippen LogP contribution in [0.15, 0.2) is 36.4 Å². The van der Waals surface area contributed by atoms with Gasteiger partial charge in [0.15, 0.2) is 0 Å². The van der Waals surface area contributed by atoms with Crippen molar-refractivity contribution < 1.29 is 9.50 Å². The molecule has 0 aliphatic carbocycles. The summed E-state index contributed by atoms with van der Waals surface area (Å²) in [6, 6.07) is 9.75. The maximum absolute atomic E-state index is 13.2. The quantitative estimate of drug-likeness (QED) is 0.788. The summed E-state index contributed by atoms with van der Waals surface area (Å²) in [7, 11) is 0. The topological polar surface area (TPSA) is 20.2 Å². The van der Waals surface area contributed by atoms with Crippen LogP contribution in [0.2, 0.25) is 5.02 Å². The molecule has 0 aliphatic rings. The first-order valence-electron chi connectivity index (χ1n) is 4.83. The monoisotopic (exact) mass is 236 g/mol. The Kier molecular flexibility index (Phi) is 2.84. The number of aromatic hydroxyl groups is 1. The van der Waals surface area contributed by atoms with E-state index in [2.05, 4.69) is 0 Å². The predicted octanol–water partition coefficient (Wildman–Crippen LogP) is 4.16. The molecule has 0 radical (unpaired) electrons. The van der Waals surface area contributed by atoms with E-state index in [4.69, 9.17) is 11.6 Å². The fourth-order valence-electron chi connectivity index (χ4n) is 1.61. The van der Waals surface area contributed by atoms with Gasteiger partial charge in [-0.15, -0.1) is 0 Å². The second-order valence-electron chi connectivity index (χ2n) is 3.58. The molecule has 0 saturated heterocycles. The summed E-state index contributed by atoms with van der Waals surface area (Å²) in [5.41, 5.74) is 2.47. The second kappa shape index (κ2) is 4.14. The fraction of sp³-hybridized carbons (Fsp3) is 0.0769. The van der Waals surface area contributed by atoms with Crippen molar-refractivity contribution in [2.24, 2.45) is 0 Å². The molecule has 0 saturated carbocycles. The molecule has 0 atom stereocenters. The zero-order chi connectivity index (χ0) is 11.7. The van der Waals surface area contributed by atoms with E-state index in [1.54, 1.807) is 37.3 Å². The van der Waals surface area contributed by atoms with Gasteiger partial charge in [0, 0.05) is 0 Å². The summed E-state index contributed by atoms with van der Waals surface area (Å²) in [4.78, 5) is 0. The van der Waals surface area contributed by atoms with Crippen molar-refractivity contribution in [3.05, 3.63) is 52.8 Å². The summed E-state index contributed by atoms with van der Waals surface area (Å²) in [5, 5.41) is 9.33. The van der Waals surface area contributed by atoms with E-state index in [0.717, 1.165) is 11.1 Å². The molecule has 0 bridgehead atoms. The Labute approximate surface area is 98.1 Å². The highest BCUT2D eigenvalue weighted by molar-refractivity contribution is 6.31. The molecule has 0 unspecified atom stereocenters. The van der Waals surface area contributed by atoms with Crippen LogP contribution in [0.3, 0.4) is 0 Å². The molecule has 0 heterocycles. The van der Waals surface area contributed by atoms with E-state index in [-0.39, 0.29) is 10.8 Å². The van der Waals surface area contributed by atoms with Crippen LogP contribution in [-0.4, -0.2) is 5.11 Å². The second-order valence-corrected chi connectivity index (χ2v) is 3.96. The minimum absolute atomic E-state index is 0.144. The van der Waals surface area contributed by atoms with E-state index in [9.17, 15) is 9.50 Å². The molecule has 0 spiro atoms. The van der Waals surface area contributed by atoms with Gasteiger partial charge >= 0.3 is 0 Å². The predicted molar refractivity (Wildman–Crippen MR) is 63.2 cm³/mol. The number of phenols is 1. The van der Waals surface area contributed by atoms with Gasteiger partial charge in [-0.3, -0.25) is 0 Å². The van der Waals surface area contributed by atoms with Crippen molar-refractivity contribution in [1.29, 1.82) is 0 Å². The number of hydrogen-bond acceptors (Lipinski definition) is 1. The molecular weight excluding hydrogens is 227 g/mol. The molecule has 0 aliphatic heterocycles. The van der Waals surface area contributed by atoms with E-state index < -0.39 is 5.82 Å². The average molecular weight is 237 g/mol. The third-order valence-corrected chi connectivity index (χ3v) is 2.98. The van der Waals surface area contributed by atoms with Gasteiger partial charge in [-0.1, -0.05) is 29.8 Å². The summed E-state index contributed by atoms with van der Waals surface area (Å²) < 4.78 is 13.2. The van der Waals surface area contributed by atoms with E-state index >= 15 is 0 Å². The Bertz CT molecular complexity index is 520. The van der Waals surface area contributed by atoms with E-state index in [0.29, 0.717) is 5.56 Å². The SMILES string of the molecule is Cc1c(-c2ccc(O)cc2)ccc(F)c1Cl. The van der Waals surface area contributed by atoms with Crippen molar-refractivity contribution in [3.8, 4) is 16.9 Å². The van der Waals surface area contributed by atoms with Crippen LogP contribution in [0.1, 0.15) is 5.56 Å². The average Bonchev–Trinajstić information content (AvgIpc) is 2.28. The fourth-order valence-corrected chi connectivity index (χ4v) is 1.77. The number of benzene rings is 2. The zero-order valence-electron chi connectivity index (χ0n) is 8.67. The van der Waals surface area contributed by atoms with Crippen molar-refractivity contribution in [1.82, 2.24) is 0 Å². The van der Waals surface area contributed by atoms with Gasteiger partial charge in [0.25, 0.3) is 0 Å². The van der Waals surface area contributed by atoms with Gasteiger partial charge in [-0.25, -0.2) is 4.39 Å². The van der Waals surface area contributed by atoms with Crippen molar-refractivity contribution in [3.63, 3.8) is 0 Å². The van der Waals surface area contributed by atoms with Crippen LogP contribution in [0, 0.1) is 12.7 Å². The smallest absolute Gasteiger partial charge is 0.142 e. The molecule has 2 aromatic rings. The summed E-state index contributed by atoms with van der Waals surface area (Å²) in [6.07, 6.45) is 0. The van der Waals surface area contributed by atoms with Crippen LogP contribution in [0.25, 0.3) is 11.1 Å². The normalized spacial score (nSPS) is 10.4. The molecule has 2 rings (SSSR count). The Balaban J connectivity index is 2.57. The van der Waals surface area contributed by atoms with Crippen molar-refractivity contribution in [2.75, 3.05) is 0 Å². The maximum Gasteiger partial charge on any atom is 0.142 e. The molecule has 0 amide bonds. The molecule has 3 heteroatoms. The van der Waals surface area contributed by atoms with Gasteiger partial charge < -0.3 is 5.11 Å². The minimum atomic E-state index is -0.415. The number of hydrogen-bond donors (Lipinski definition) is 1. The molecule has 0 fully saturated rings. The molecule has 0 aromatic heterocycles. The molecule has 1 nitrogen and oxygen atoms in total. The first-order valence-corrected chi connectivity index (χ1v) is 5.21. The highest BCUT2D eigenvalue weighted by atomic mass is 35.5. The third kappa shape index (κ3) is 1.89. The standard InChI is InChI=1S/C13H10ClFO/c1-8-11(6-7-12(15)13(8)14)9-2-4-10(16)5-3-9/h2-7,16H,1H3. The Morgan fingerprint density at radius 2 is 1.69 bits per heavy atom. The van der Waals surface area contributed by atoms with E-state index in [1.165, 1.54) is 6.07 Å². The lowest BCUT2D eigenvalue weighted by Gasteiger charge is -2.08. The number of phenolic OH excluding ortho intramolecular Hbond substituents is 1. The van der Waals surface area contributed by atoms with Gasteiger partial charge in [-0.2, -0.15) is 0 Å². The largest absolute Gasteiger partial charge is 0.508 e. The van der Waals surface area contributed by atoms with Gasteiger partial charge in [0.2, 0.25) is 0 Å².